The molecule has 8 heteroatoms. The molecule has 0 aliphatic rings. The topological polar surface area (TPSA) is 84.0 Å². The number of thiocarbonyl (C=S) groups is 1. The van der Waals surface area contributed by atoms with E-state index in [1.165, 1.54) is 0 Å². The van der Waals surface area contributed by atoms with E-state index in [2.05, 4.69) is 21.2 Å². The standard InChI is InChI=1S/C21H26N4O3S/c1-15-6-4-5-7-19(15)23-20(26)14-28-18-10-8-17(9-11-18)16(2)24-25-21(29)22-12-13-27-3/h4-11H,12-14H2,1-3H3,(H,23,26)(H2,22,25,29)/b24-16-. The van der Waals surface area contributed by atoms with Gasteiger partial charge in [-0.25, -0.2) is 0 Å². The number of carbonyl (C=O) groups is 1. The fourth-order valence-electron chi connectivity index (χ4n) is 2.35. The first-order chi connectivity index (χ1) is 14.0. The molecule has 2 aromatic rings. The monoisotopic (exact) mass is 414 g/mol. The van der Waals surface area contributed by atoms with E-state index < -0.39 is 0 Å². The molecule has 0 saturated carbocycles. The molecule has 154 valence electrons. The molecule has 0 radical (unpaired) electrons. The largest absolute Gasteiger partial charge is 0.484 e. The van der Waals surface area contributed by atoms with Crippen LogP contribution in [0.1, 0.15) is 18.1 Å². The molecule has 0 saturated heterocycles. The summed E-state index contributed by atoms with van der Waals surface area (Å²) in [6.07, 6.45) is 0. The van der Waals surface area contributed by atoms with Gasteiger partial charge in [-0.1, -0.05) is 18.2 Å². The summed E-state index contributed by atoms with van der Waals surface area (Å²) in [5.41, 5.74) is 6.25. The number of nitrogens with zero attached hydrogens (tertiary/aromatic N) is 1. The first-order valence-corrected chi connectivity index (χ1v) is 9.56. The molecule has 7 nitrogen and oxygen atoms in total. The van der Waals surface area contributed by atoms with E-state index in [1.807, 2.05) is 50.2 Å². The van der Waals surface area contributed by atoms with Gasteiger partial charge in [-0.2, -0.15) is 5.10 Å². The summed E-state index contributed by atoms with van der Waals surface area (Å²) < 4.78 is 10.5. The Labute approximate surface area is 176 Å². The summed E-state index contributed by atoms with van der Waals surface area (Å²) in [6, 6.07) is 14.9. The van der Waals surface area contributed by atoms with E-state index in [4.69, 9.17) is 21.7 Å². The van der Waals surface area contributed by atoms with Gasteiger partial charge in [0.1, 0.15) is 5.75 Å². The molecule has 0 fully saturated rings. The number of hydrazone groups is 1. The summed E-state index contributed by atoms with van der Waals surface area (Å²) in [7, 11) is 1.63. The van der Waals surface area contributed by atoms with Gasteiger partial charge in [0, 0.05) is 19.3 Å². The number of ether oxygens (including phenoxy) is 2. The van der Waals surface area contributed by atoms with Crippen LogP contribution < -0.4 is 20.8 Å². The van der Waals surface area contributed by atoms with Crippen molar-refractivity contribution in [1.82, 2.24) is 10.7 Å². The van der Waals surface area contributed by atoms with Crippen molar-refractivity contribution in [2.75, 3.05) is 32.2 Å². The van der Waals surface area contributed by atoms with Gasteiger partial charge in [0.2, 0.25) is 0 Å². The number of methoxy groups -OCH3 is 1. The van der Waals surface area contributed by atoms with Crippen LogP contribution in [0.5, 0.6) is 5.75 Å². The predicted molar refractivity (Wildman–Crippen MR) is 120 cm³/mol. The van der Waals surface area contributed by atoms with Crippen LogP contribution in [0.4, 0.5) is 5.69 Å². The van der Waals surface area contributed by atoms with Crippen molar-refractivity contribution < 1.29 is 14.3 Å². The molecule has 29 heavy (non-hydrogen) atoms. The fraction of sp³-hybridized carbons (Fsp3) is 0.286. The summed E-state index contributed by atoms with van der Waals surface area (Å²) in [6.45, 7) is 4.92. The highest BCUT2D eigenvalue weighted by Crippen LogP contribution is 2.15. The third-order valence-corrected chi connectivity index (χ3v) is 4.21. The minimum absolute atomic E-state index is 0.0658. The van der Waals surface area contributed by atoms with Crippen LogP contribution in [-0.2, 0) is 9.53 Å². The summed E-state index contributed by atoms with van der Waals surface area (Å²) in [5, 5.41) is 10.5. The maximum Gasteiger partial charge on any atom is 0.262 e. The second-order valence-corrected chi connectivity index (χ2v) is 6.64. The number of rotatable bonds is 9. The normalized spacial score (nSPS) is 10.9. The maximum atomic E-state index is 12.1. The number of benzene rings is 2. The molecule has 2 rings (SSSR count). The van der Waals surface area contributed by atoms with E-state index in [1.54, 1.807) is 19.2 Å². The molecule has 0 atom stereocenters. The molecule has 0 aromatic heterocycles. The van der Waals surface area contributed by atoms with Gasteiger partial charge in [0.15, 0.2) is 11.7 Å². The van der Waals surface area contributed by atoms with Crippen LogP contribution in [0.25, 0.3) is 0 Å². The third kappa shape index (κ3) is 7.89. The summed E-state index contributed by atoms with van der Waals surface area (Å²) in [4.78, 5) is 12.1. The molecule has 0 aliphatic heterocycles. The lowest BCUT2D eigenvalue weighted by Crippen LogP contribution is -2.34. The second-order valence-electron chi connectivity index (χ2n) is 6.23. The van der Waals surface area contributed by atoms with Crippen LogP contribution >= 0.6 is 12.2 Å². The van der Waals surface area contributed by atoms with Crippen molar-refractivity contribution in [3.8, 4) is 5.75 Å². The van der Waals surface area contributed by atoms with Crippen molar-refractivity contribution in [2.24, 2.45) is 5.10 Å². The van der Waals surface area contributed by atoms with Crippen molar-refractivity contribution in [3.05, 3.63) is 59.7 Å². The number of amides is 1. The van der Waals surface area contributed by atoms with Crippen molar-refractivity contribution in [3.63, 3.8) is 0 Å². The van der Waals surface area contributed by atoms with Crippen molar-refractivity contribution in [2.45, 2.75) is 13.8 Å². The molecular formula is C21H26N4O3S. The van der Waals surface area contributed by atoms with Crippen LogP contribution in [-0.4, -0.2) is 43.6 Å². The van der Waals surface area contributed by atoms with Crippen molar-refractivity contribution >= 4 is 34.6 Å². The Morgan fingerprint density at radius 2 is 1.86 bits per heavy atom. The zero-order valence-electron chi connectivity index (χ0n) is 16.8. The number of hydrogen-bond acceptors (Lipinski definition) is 5. The number of hydrogen-bond donors (Lipinski definition) is 3. The Morgan fingerprint density at radius 3 is 2.55 bits per heavy atom. The number of nitrogens with one attached hydrogen (secondary N) is 3. The van der Waals surface area contributed by atoms with Gasteiger partial charge >= 0.3 is 0 Å². The molecule has 0 bridgehead atoms. The van der Waals surface area contributed by atoms with E-state index in [-0.39, 0.29) is 12.5 Å². The lowest BCUT2D eigenvalue weighted by Gasteiger charge is -2.10. The van der Waals surface area contributed by atoms with Crippen LogP contribution in [0.3, 0.4) is 0 Å². The smallest absolute Gasteiger partial charge is 0.262 e. The van der Waals surface area contributed by atoms with Gasteiger partial charge in [-0.15, -0.1) is 0 Å². The van der Waals surface area contributed by atoms with Crippen LogP contribution in [0.2, 0.25) is 0 Å². The Morgan fingerprint density at radius 1 is 1.14 bits per heavy atom. The number of carbonyl (C=O) groups excluding carboxylic acids is 1. The van der Waals surface area contributed by atoms with Crippen LogP contribution in [0, 0.1) is 6.92 Å². The minimum Gasteiger partial charge on any atom is -0.484 e. The van der Waals surface area contributed by atoms with E-state index in [0.29, 0.717) is 24.0 Å². The Bertz CT molecular complexity index is 853. The highest BCUT2D eigenvalue weighted by atomic mass is 32.1. The van der Waals surface area contributed by atoms with Crippen LogP contribution in [0.15, 0.2) is 53.6 Å². The van der Waals surface area contributed by atoms with E-state index in [0.717, 1.165) is 22.5 Å². The van der Waals surface area contributed by atoms with Gasteiger partial charge in [0.05, 0.1) is 12.3 Å². The van der Waals surface area contributed by atoms with E-state index in [9.17, 15) is 4.79 Å². The zero-order chi connectivity index (χ0) is 21.1. The number of aryl methyl sites for hydroxylation is 1. The molecule has 2 aromatic carbocycles. The molecule has 0 spiro atoms. The van der Waals surface area contributed by atoms with Gasteiger partial charge in [-0.05, 0) is 67.5 Å². The van der Waals surface area contributed by atoms with Crippen molar-refractivity contribution in [1.29, 1.82) is 0 Å². The lowest BCUT2D eigenvalue weighted by molar-refractivity contribution is -0.118. The Hall–Kier alpha value is -2.97. The Balaban J connectivity index is 1.81. The highest BCUT2D eigenvalue weighted by Gasteiger charge is 2.06. The molecule has 1 amide bonds. The highest BCUT2D eigenvalue weighted by molar-refractivity contribution is 7.80. The third-order valence-electron chi connectivity index (χ3n) is 3.98. The predicted octanol–water partition coefficient (Wildman–Crippen LogP) is 2.85. The summed E-state index contributed by atoms with van der Waals surface area (Å²) >= 11 is 5.13. The van der Waals surface area contributed by atoms with Gasteiger partial charge in [0.25, 0.3) is 5.91 Å². The SMILES string of the molecule is COCCNC(=S)N/N=C(/C)c1ccc(OCC(=O)Nc2ccccc2C)cc1. The average molecular weight is 415 g/mol. The maximum absolute atomic E-state index is 12.1. The summed E-state index contributed by atoms with van der Waals surface area (Å²) in [5.74, 6) is 0.394. The molecule has 0 unspecified atom stereocenters. The number of anilines is 1. The van der Waals surface area contributed by atoms with E-state index >= 15 is 0 Å². The average Bonchev–Trinajstić information content (AvgIpc) is 2.73. The molecular weight excluding hydrogens is 388 g/mol. The first kappa shape index (κ1) is 22.3. The zero-order valence-corrected chi connectivity index (χ0v) is 17.6. The van der Waals surface area contributed by atoms with Gasteiger partial charge in [-0.3, -0.25) is 10.2 Å². The Kier molecular flexibility index (Phi) is 9.07. The fourth-order valence-corrected chi connectivity index (χ4v) is 2.49. The van der Waals surface area contributed by atoms with Gasteiger partial charge < -0.3 is 20.1 Å². The second kappa shape index (κ2) is 11.8. The lowest BCUT2D eigenvalue weighted by atomic mass is 10.1. The quantitative estimate of drug-likeness (QED) is 0.253. The molecule has 0 heterocycles. The molecule has 3 N–H and O–H groups in total. The number of para-hydroxylation sites is 1. The minimum atomic E-state index is -0.209. The first-order valence-electron chi connectivity index (χ1n) is 9.15. The molecule has 0 aliphatic carbocycles.